The molecule has 0 spiro atoms. The van der Waals surface area contributed by atoms with E-state index in [2.05, 4.69) is 26.1 Å². The van der Waals surface area contributed by atoms with Crippen LogP contribution in [0.2, 0.25) is 0 Å². The minimum atomic E-state index is 0.0231. The van der Waals surface area contributed by atoms with Gasteiger partial charge in [0.15, 0.2) is 0 Å². The van der Waals surface area contributed by atoms with Crippen molar-refractivity contribution in [3.8, 4) is 0 Å². The Bertz CT molecular complexity index is 135. The summed E-state index contributed by atoms with van der Waals surface area (Å²) in [6.07, 6.45) is 0.902. The molecule has 1 atom stereocenters. The Balaban J connectivity index is 3.99. The number of carbonyl (C=O) groups is 1. The highest BCUT2D eigenvalue weighted by Gasteiger charge is 2.20. The number of hydrogen-bond acceptors (Lipinski definition) is 2. The molecule has 2 nitrogen and oxygen atoms in total. The van der Waals surface area contributed by atoms with Crippen molar-refractivity contribution in [1.82, 2.24) is 5.32 Å². The maximum absolute atomic E-state index is 11.0. The Morgan fingerprint density at radius 2 is 1.91 bits per heavy atom. The van der Waals surface area contributed by atoms with Gasteiger partial charge in [0, 0.05) is 0 Å². The average Bonchev–Trinajstić information content (AvgIpc) is 1.80. The Morgan fingerprint density at radius 3 is 2.00 bits per heavy atom. The monoisotopic (exact) mass is 157 g/mol. The van der Waals surface area contributed by atoms with Crippen LogP contribution in [0, 0.1) is 5.41 Å². The smallest absolute Gasteiger partial charge is 0.146 e. The molecule has 0 aromatic carbocycles. The minimum Gasteiger partial charge on any atom is -0.311 e. The number of Topliss-reactive ketones (excluding diaryl/α,β-unsaturated/α-hetero) is 1. The molecule has 0 aromatic heterocycles. The van der Waals surface area contributed by atoms with Gasteiger partial charge in [-0.15, -0.1) is 0 Å². The second-order valence-electron chi connectivity index (χ2n) is 4.22. The van der Waals surface area contributed by atoms with Crippen molar-refractivity contribution in [2.24, 2.45) is 5.41 Å². The third-order valence-corrected chi connectivity index (χ3v) is 1.66. The zero-order valence-electron chi connectivity index (χ0n) is 8.19. The van der Waals surface area contributed by atoms with Gasteiger partial charge in [-0.25, -0.2) is 0 Å². The van der Waals surface area contributed by atoms with E-state index in [4.69, 9.17) is 0 Å². The highest BCUT2D eigenvalue weighted by molar-refractivity contribution is 5.81. The van der Waals surface area contributed by atoms with E-state index in [-0.39, 0.29) is 17.2 Å². The summed E-state index contributed by atoms with van der Waals surface area (Å²) in [5.74, 6) is 0.224. The summed E-state index contributed by atoms with van der Waals surface area (Å²) in [6.45, 7) is 8.05. The maximum Gasteiger partial charge on any atom is 0.146 e. The van der Waals surface area contributed by atoms with E-state index in [1.54, 1.807) is 6.92 Å². The summed E-state index contributed by atoms with van der Waals surface area (Å²) in [4.78, 5) is 11.0. The van der Waals surface area contributed by atoms with E-state index in [1.807, 2.05) is 7.05 Å². The van der Waals surface area contributed by atoms with Gasteiger partial charge in [-0.2, -0.15) is 0 Å². The average molecular weight is 157 g/mol. The minimum absolute atomic E-state index is 0.0231. The van der Waals surface area contributed by atoms with Gasteiger partial charge in [0.2, 0.25) is 0 Å². The van der Waals surface area contributed by atoms with Gasteiger partial charge < -0.3 is 5.32 Å². The van der Waals surface area contributed by atoms with Crippen molar-refractivity contribution in [2.45, 2.75) is 40.2 Å². The summed E-state index contributed by atoms with van der Waals surface area (Å²) in [6, 6.07) is 0.0231. The van der Waals surface area contributed by atoms with Crippen molar-refractivity contribution < 1.29 is 4.79 Å². The van der Waals surface area contributed by atoms with Gasteiger partial charge in [-0.3, -0.25) is 4.79 Å². The molecule has 0 unspecified atom stereocenters. The van der Waals surface area contributed by atoms with E-state index in [1.165, 1.54) is 0 Å². The summed E-state index contributed by atoms with van der Waals surface area (Å²) in [5.41, 5.74) is 0.222. The second-order valence-corrected chi connectivity index (χ2v) is 4.22. The molecule has 1 N–H and O–H groups in total. The first-order valence-corrected chi connectivity index (χ1v) is 4.04. The highest BCUT2D eigenvalue weighted by atomic mass is 16.1. The molecule has 0 saturated heterocycles. The lowest BCUT2D eigenvalue weighted by Gasteiger charge is -2.23. The lowest BCUT2D eigenvalue weighted by Crippen LogP contribution is -2.35. The molecular formula is C9H19NO. The quantitative estimate of drug-likeness (QED) is 0.674. The van der Waals surface area contributed by atoms with Gasteiger partial charge in [-0.1, -0.05) is 20.8 Å². The van der Waals surface area contributed by atoms with Gasteiger partial charge in [0.1, 0.15) is 5.78 Å². The molecule has 11 heavy (non-hydrogen) atoms. The third-order valence-electron chi connectivity index (χ3n) is 1.66. The predicted octanol–water partition coefficient (Wildman–Crippen LogP) is 1.60. The van der Waals surface area contributed by atoms with Crippen LogP contribution in [0.3, 0.4) is 0 Å². The van der Waals surface area contributed by atoms with Crippen molar-refractivity contribution in [3.05, 3.63) is 0 Å². The molecule has 0 aromatic rings. The third kappa shape index (κ3) is 4.96. The topological polar surface area (TPSA) is 29.1 Å². The van der Waals surface area contributed by atoms with E-state index in [0.29, 0.717) is 0 Å². The molecule has 0 aliphatic carbocycles. The van der Waals surface area contributed by atoms with Gasteiger partial charge in [0.25, 0.3) is 0 Å². The van der Waals surface area contributed by atoms with Crippen LogP contribution in [-0.4, -0.2) is 18.9 Å². The van der Waals surface area contributed by atoms with Crippen LogP contribution in [-0.2, 0) is 4.79 Å². The van der Waals surface area contributed by atoms with Gasteiger partial charge in [0.05, 0.1) is 6.04 Å². The number of carbonyl (C=O) groups excluding carboxylic acids is 1. The van der Waals surface area contributed by atoms with Crippen LogP contribution in [0.5, 0.6) is 0 Å². The molecule has 2 heteroatoms. The fourth-order valence-corrected chi connectivity index (χ4v) is 1.06. The van der Waals surface area contributed by atoms with Crippen molar-refractivity contribution in [2.75, 3.05) is 7.05 Å². The molecule has 0 amide bonds. The van der Waals surface area contributed by atoms with E-state index in [9.17, 15) is 4.79 Å². The molecule has 0 aliphatic heterocycles. The molecule has 0 bridgehead atoms. The van der Waals surface area contributed by atoms with Crippen LogP contribution in [0.15, 0.2) is 0 Å². The summed E-state index contributed by atoms with van der Waals surface area (Å²) >= 11 is 0. The molecule has 0 fully saturated rings. The van der Waals surface area contributed by atoms with E-state index >= 15 is 0 Å². The number of likely N-dealkylation sites (N-methyl/N-ethyl adjacent to an activating group) is 1. The van der Waals surface area contributed by atoms with Crippen LogP contribution in [0.4, 0.5) is 0 Å². The Hall–Kier alpha value is -0.370. The van der Waals surface area contributed by atoms with Crippen molar-refractivity contribution in [1.29, 1.82) is 0 Å². The van der Waals surface area contributed by atoms with E-state index < -0.39 is 0 Å². The van der Waals surface area contributed by atoms with Crippen molar-refractivity contribution >= 4 is 5.78 Å². The number of hydrogen-bond donors (Lipinski definition) is 1. The summed E-state index contributed by atoms with van der Waals surface area (Å²) in [5, 5.41) is 3.01. The first-order valence-electron chi connectivity index (χ1n) is 4.04. The Kier molecular flexibility index (Phi) is 3.73. The lowest BCUT2D eigenvalue weighted by molar-refractivity contribution is -0.119. The SMILES string of the molecule is CN[C@@H](CC(C)(C)C)C(C)=O. The second kappa shape index (κ2) is 3.86. The van der Waals surface area contributed by atoms with Gasteiger partial charge in [-0.05, 0) is 25.8 Å². The van der Waals surface area contributed by atoms with E-state index in [0.717, 1.165) is 6.42 Å². The molecule has 0 heterocycles. The lowest BCUT2D eigenvalue weighted by atomic mass is 9.87. The first-order chi connectivity index (χ1) is 4.87. The number of rotatable bonds is 3. The summed E-state index contributed by atoms with van der Waals surface area (Å²) < 4.78 is 0. The number of nitrogens with one attached hydrogen (secondary N) is 1. The van der Waals surface area contributed by atoms with Crippen LogP contribution in [0.25, 0.3) is 0 Å². The molecule has 0 aliphatic rings. The standard InChI is InChI=1S/C9H19NO/c1-7(11)8(10-5)6-9(2,3)4/h8,10H,6H2,1-5H3/t8-/m0/s1. The molecule has 66 valence electrons. The largest absolute Gasteiger partial charge is 0.311 e. The Morgan fingerprint density at radius 1 is 1.45 bits per heavy atom. The van der Waals surface area contributed by atoms with Crippen LogP contribution >= 0.6 is 0 Å². The molecule has 0 saturated carbocycles. The number of ketones is 1. The van der Waals surface area contributed by atoms with Crippen molar-refractivity contribution in [3.63, 3.8) is 0 Å². The highest BCUT2D eigenvalue weighted by Crippen LogP contribution is 2.20. The zero-order chi connectivity index (χ0) is 9.07. The fourth-order valence-electron chi connectivity index (χ4n) is 1.06. The summed E-state index contributed by atoms with van der Waals surface area (Å²) in [7, 11) is 1.83. The maximum atomic E-state index is 11.0. The van der Waals surface area contributed by atoms with Gasteiger partial charge >= 0.3 is 0 Å². The first kappa shape index (κ1) is 10.6. The Labute approximate surface area is 69.4 Å². The normalized spacial score (nSPS) is 14.6. The molecule has 0 rings (SSSR count). The fraction of sp³-hybridized carbons (Fsp3) is 0.889. The molecular weight excluding hydrogens is 138 g/mol. The molecule has 0 radical (unpaired) electrons. The zero-order valence-corrected chi connectivity index (χ0v) is 8.19. The van der Waals surface area contributed by atoms with Crippen LogP contribution < -0.4 is 5.32 Å². The van der Waals surface area contributed by atoms with Crippen LogP contribution in [0.1, 0.15) is 34.1 Å². The predicted molar refractivity (Wildman–Crippen MR) is 47.6 cm³/mol.